The molecule has 0 atom stereocenters. The number of hydrogen-bond acceptors (Lipinski definition) is 6. The van der Waals surface area contributed by atoms with Gasteiger partial charge >= 0.3 is 31.3 Å². The van der Waals surface area contributed by atoms with Crippen LogP contribution in [0, 0.1) is 0 Å². The van der Waals surface area contributed by atoms with Gasteiger partial charge in [0.1, 0.15) is 0 Å². The first kappa shape index (κ1) is 13.7. The zero-order valence-electron chi connectivity index (χ0n) is 8.31. The molecule has 0 aliphatic rings. The predicted octanol–water partition coefficient (Wildman–Crippen LogP) is 0.565. The van der Waals surface area contributed by atoms with Gasteiger partial charge in [-0.3, -0.25) is 5.32 Å². The number of rotatable bonds is 5. The first-order chi connectivity index (χ1) is 8.36. The van der Waals surface area contributed by atoms with Crippen molar-refractivity contribution in [1.29, 1.82) is 0 Å². The Kier molecular flexibility index (Phi) is 4.39. The fraction of sp³-hybridized carbons (Fsp3) is 0.333. The number of aromatic nitrogens is 3. The standard InChI is InChI=1S/C6H5F4N5O3/c7-1(8)17-5-13-4(12-3(11)16)14-6(15-5)18-2(9)10/h1-2H,(H3,11,12,13,14,15,16). The third kappa shape index (κ3) is 4.63. The Morgan fingerprint density at radius 1 is 1.06 bits per heavy atom. The first-order valence-corrected chi connectivity index (χ1v) is 4.09. The van der Waals surface area contributed by atoms with Crippen LogP contribution in [0.15, 0.2) is 0 Å². The summed E-state index contributed by atoms with van der Waals surface area (Å²) in [5, 5.41) is 1.76. The van der Waals surface area contributed by atoms with Crippen LogP contribution in [0.3, 0.4) is 0 Å². The van der Waals surface area contributed by atoms with E-state index in [2.05, 4.69) is 24.4 Å². The van der Waals surface area contributed by atoms with Crippen molar-refractivity contribution >= 4 is 12.0 Å². The largest absolute Gasteiger partial charge is 0.401 e. The molecule has 0 bridgehead atoms. The van der Waals surface area contributed by atoms with Crippen molar-refractivity contribution in [1.82, 2.24) is 15.0 Å². The summed E-state index contributed by atoms with van der Waals surface area (Å²) in [7, 11) is 0. The number of anilines is 1. The van der Waals surface area contributed by atoms with Crippen LogP contribution in [0.1, 0.15) is 0 Å². The van der Waals surface area contributed by atoms with E-state index >= 15 is 0 Å². The molecule has 8 nitrogen and oxygen atoms in total. The number of hydrogen-bond donors (Lipinski definition) is 2. The van der Waals surface area contributed by atoms with Gasteiger partial charge in [-0.05, 0) is 0 Å². The fourth-order valence-electron chi connectivity index (χ4n) is 0.769. The van der Waals surface area contributed by atoms with Crippen LogP contribution < -0.4 is 20.5 Å². The predicted molar refractivity (Wildman–Crippen MR) is 46.3 cm³/mol. The van der Waals surface area contributed by atoms with E-state index in [0.717, 1.165) is 0 Å². The second-order valence-electron chi connectivity index (χ2n) is 2.47. The van der Waals surface area contributed by atoms with Gasteiger partial charge in [-0.1, -0.05) is 0 Å². The summed E-state index contributed by atoms with van der Waals surface area (Å²) in [5.41, 5.74) is 4.70. The average molecular weight is 271 g/mol. The van der Waals surface area contributed by atoms with Crippen LogP contribution in [0.4, 0.5) is 28.3 Å². The average Bonchev–Trinajstić information content (AvgIpc) is 2.12. The number of alkyl halides is 4. The minimum Gasteiger partial charge on any atom is -0.401 e. The number of carbonyl (C=O) groups excluding carboxylic acids is 1. The molecule has 0 aliphatic heterocycles. The lowest BCUT2D eigenvalue weighted by molar-refractivity contribution is -0.0643. The summed E-state index contributed by atoms with van der Waals surface area (Å²) in [6, 6.07) is -3.18. The Balaban J connectivity index is 2.99. The molecule has 0 saturated carbocycles. The molecule has 0 spiro atoms. The topological polar surface area (TPSA) is 112 Å². The van der Waals surface area contributed by atoms with E-state index < -0.39 is 37.2 Å². The number of nitrogens with two attached hydrogens (primary N) is 1. The van der Waals surface area contributed by atoms with Gasteiger partial charge in [-0.15, -0.1) is 4.98 Å². The van der Waals surface area contributed by atoms with Crippen molar-refractivity contribution in [3.8, 4) is 12.0 Å². The molecule has 12 heteroatoms. The van der Waals surface area contributed by atoms with Gasteiger partial charge < -0.3 is 15.2 Å². The molecule has 1 aromatic heterocycles. The highest BCUT2D eigenvalue weighted by Gasteiger charge is 2.16. The fourth-order valence-corrected chi connectivity index (χ4v) is 0.769. The van der Waals surface area contributed by atoms with E-state index in [4.69, 9.17) is 5.73 Å². The summed E-state index contributed by atoms with van der Waals surface area (Å²) in [6.07, 6.45) is 0. The van der Waals surface area contributed by atoms with Gasteiger partial charge in [0.25, 0.3) is 0 Å². The molecule has 0 fully saturated rings. The molecule has 2 amide bonds. The molecule has 0 aromatic carbocycles. The van der Waals surface area contributed by atoms with Crippen molar-refractivity contribution in [2.75, 3.05) is 5.32 Å². The smallest absolute Gasteiger partial charge is 0.389 e. The number of nitrogens with zero attached hydrogens (tertiary/aromatic N) is 3. The lowest BCUT2D eigenvalue weighted by Gasteiger charge is -2.07. The van der Waals surface area contributed by atoms with E-state index in [9.17, 15) is 22.4 Å². The van der Waals surface area contributed by atoms with Crippen LogP contribution in [0.2, 0.25) is 0 Å². The summed E-state index contributed by atoms with van der Waals surface area (Å²) in [5.74, 6) is -0.677. The summed E-state index contributed by atoms with van der Waals surface area (Å²) in [4.78, 5) is 19.8. The summed E-state index contributed by atoms with van der Waals surface area (Å²) in [6.45, 7) is -6.60. The van der Waals surface area contributed by atoms with Gasteiger partial charge in [0.05, 0.1) is 0 Å². The summed E-state index contributed by atoms with van der Waals surface area (Å²) >= 11 is 0. The highest BCUT2D eigenvalue weighted by molar-refractivity contribution is 5.85. The van der Waals surface area contributed by atoms with E-state index in [1.165, 1.54) is 0 Å². The van der Waals surface area contributed by atoms with Gasteiger partial charge in [0.15, 0.2) is 0 Å². The Bertz CT molecular complexity index is 403. The van der Waals surface area contributed by atoms with Crippen molar-refractivity contribution in [2.24, 2.45) is 5.73 Å². The van der Waals surface area contributed by atoms with Crippen molar-refractivity contribution < 1.29 is 31.8 Å². The highest BCUT2D eigenvalue weighted by atomic mass is 19.3. The SMILES string of the molecule is NC(=O)Nc1nc(OC(F)F)nc(OC(F)F)n1. The Morgan fingerprint density at radius 3 is 1.83 bits per heavy atom. The molecule has 100 valence electrons. The Morgan fingerprint density at radius 2 is 1.50 bits per heavy atom. The monoisotopic (exact) mass is 271 g/mol. The first-order valence-electron chi connectivity index (χ1n) is 4.09. The molecule has 0 radical (unpaired) electrons. The van der Waals surface area contributed by atoms with E-state index in [1.807, 2.05) is 0 Å². The van der Waals surface area contributed by atoms with Crippen molar-refractivity contribution in [3.63, 3.8) is 0 Å². The number of ether oxygens (including phenoxy) is 2. The maximum absolute atomic E-state index is 11.9. The van der Waals surface area contributed by atoms with Gasteiger partial charge in [0.2, 0.25) is 5.95 Å². The molecule has 0 saturated heterocycles. The van der Waals surface area contributed by atoms with Gasteiger partial charge in [-0.2, -0.15) is 27.5 Å². The number of urea groups is 1. The second kappa shape index (κ2) is 5.79. The molecule has 0 unspecified atom stereocenters. The third-order valence-corrected chi connectivity index (χ3v) is 1.22. The molecule has 3 N–H and O–H groups in total. The zero-order valence-corrected chi connectivity index (χ0v) is 8.31. The second-order valence-corrected chi connectivity index (χ2v) is 2.47. The number of carbonyl (C=O) groups is 1. The van der Waals surface area contributed by atoms with Crippen LogP contribution in [0.5, 0.6) is 12.0 Å². The molecule has 1 rings (SSSR count). The van der Waals surface area contributed by atoms with Gasteiger partial charge in [0, 0.05) is 0 Å². The lowest BCUT2D eigenvalue weighted by atomic mass is 10.8. The van der Waals surface area contributed by atoms with Crippen LogP contribution in [-0.2, 0) is 0 Å². The molecular weight excluding hydrogens is 266 g/mol. The molecule has 1 aromatic rings. The molecule has 18 heavy (non-hydrogen) atoms. The number of nitrogens with one attached hydrogen (secondary N) is 1. The van der Waals surface area contributed by atoms with Crippen LogP contribution >= 0.6 is 0 Å². The number of halogens is 4. The van der Waals surface area contributed by atoms with E-state index in [1.54, 1.807) is 5.32 Å². The third-order valence-electron chi connectivity index (χ3n) is 1.22. The Hall–Kier alpha value is -2.40. The minimum atomic E-state index is -3.30. The number of amides is 2. The quantitative estimate of drug-likeness (QED) is 0.757. The van der Waals surface area contributed by atoms with E-state index in [-0.39, 0.29) is 0 Å². The lowest BCUT2D eigenvalue weighted by Crippen LogP contribution is -2.22. The summed E-state index contributed by atoms with van der Waals surface area (Å²) < 4.78 is 55.0. The molecule has 1 heterocycles. The maximum atomic E-state index is 11.9. The molecular formula is C6H5F4N5O3. The maximum Gasteiger partial charge on any atom is 0.389 e. The van der Waals surface area contributed by atoms with Crippen molar-refractivity contribution in [3.05, 3.63) is 0 Å². The minimum absolute atomic E-state index is 0.677. The molecule has 0 aliphatic carbocycles. The number of primary amides is 1. The normalized spacial score (nSPS) is 10.6. The highest BCUT2D eigenvalue weighted by Crippen LogP contribution is 2.16. The van der Waals surface area contributed by atoms with Crippen molar-refractivity contribution in [2.45, 2.75) is 13.2 Å². The Labute approximate surface area is 96.1 Å². The van der Waals surface area contributed by atoms with Crippen LogP contribution in [0.25, 0.3) is 0 Å². The zero-order chi connectivity index (χ0) is 13.7. The van der Waals surface area contributed by atoms with E-state index in [0.29, 0.717) is 0 Å². The van der Waals surface area contributed by atoms with Crippen LogP contribution in [-0.4, -0.2) is 34.2 Å². The van der Waals surface area contributed by atoms with Gasteiger partial charge in [-0.25, -0.2) is 4.79 Å².